The van der Waals surface area contributed by atoms with Crippen molar-refractivity contribution in [2.24, 2.45) is 16.8 Å². The Kier molecular flexibility index (Phi) is 5.58. The van der Waals surface area contributed by atoms with E-state index in [4.69, 9.17) is 10.5 Å². The fourth-order valence-corrected chi connectivity index (χ4v) is 1.52. The third kappa shape index (κ3) is 4.66. The van der Waals surface area contributed by atoms with Crippen molar-refractivity contribution >= 4 is 11.4 Å². The highest BCUT2D eigenvalue weighted by Gasteiger charge is 2.20. The van der Waals surface area contributed by atoms with Crippen LogP contribution in [-0.4, -0.2) is 22.9 Å². The molecule has 6 nitrogen and oxygen atoms in total. The summed E-state index contributed by atoms with van der Waals surface area (Å²) in [6.45, 7) is 7.12. The van der Waals surface area contributed by atoms with Crippen LogP contribution in [0.5, 0.6) is 5.75 Å². The molecule has 0 saturated heterocycles. The fourth-order valence-electron chi connectivity index (χ4n) is 1.52. The number of pyridine rings is 1. The Balaban J connectivity index is 2.83. The summed E-state index contributed by atoms with van der Waals surface area (Å²) in [4.78, 5) is 26.7. The lowest BCUT2D eigenvalue weighted by molar-refractivity contribution is -0.116. The Morgan fingerprint density at radius 2 is 2.14 bits per heavy atom. The number of aromatic nitrogens is 1. The van der Waals surface area contributed by atoms with E-state index < -0.39 is 5.54 Å². The summed E-state index contributed by atoms with van der Waals surface area (Å²) in [6.07, 6.45) is 2.76. The summed E-state index contributed by atoms with van der Waals surface area (Å²) in [6, 6.07) is 3.34. The molecular weight excluding hydrogens is 270 g/mol. The largest absolute Gasteiger partial charge is 0.489 e. The van der Waals surface area contributed by atoms with Gasteiger partial charge in [0.1, 0.15) is 17.9 Å². The summed E-state index contributed by atoms with van der Waals surface area (Å²) < 4.78 is 5.45. The van der Waals surface area contributed by atoms with E-state index in [0.717, 1.165) is 0 Å². The van der Waals surface area contributed by atoms with E-state index in [2.05, 4.69) is 10.2 Å². The molecule has 2 N–H and O–H groups in total. The van der Waals surface area contributed by atoms with E-state index in [-0.39, 0.29) is 18.3 Å². The molecule has 0 amide bonds. The monoisotopic (exact) mass is 291 g/mol. The van der Waals surface area contributed by atoms with Gasteiger partial charge in [-0.15, -0.1) is 0 Å². The van der Waals surface area contributed by atoms with Crippen LogP contribution in [-0.2, 0) is 4.79 Å². The third-order valence-electron chi connectivity index (χ3n) is 2.81. The maximum absolute atomic E-state index is 12.0. The van der Waals surface area contributed by atoms with Gasteiger partial charge in [-0.05, 0) is 26.0 Å². The predicted octanol–water partition coefficient (Wildman–Crippen LogP) is 2.53. The Hall–Kier alpha value is -2.24. The van der Waals surface area contributed by atoms with Gasteiger partial charge in [0.15, 0.2) is 5.78 Å². The zero-order valence-electron chi connectivity index (χ0n) is 12.8. The standard InChI is InChI=1S/C15H21N3O3/c1-10(2)14(19)12(7-16)13-6-5-11(8-17-13)21-9-15(3,4)18-20/h5-8,10H,9,16H2,1-4H3. The molecule has 0 radical (unpaired) electrons. The lowest BCUT2D eigenvalue weighted by atomic mass is 9.99. The molecule has 0 unspecified atom stereocenters. The van der Waals surface area contributed by atoms with Crippen molar-refractivity contribution < 1.29 is 9.53 Å². The number of nitrogens with two attached hydrogens (primary N) is 1. The molecule has 0 fully saturated rings. The quantitative estimate of drug-likeness (QED) is 0.615. The van der Waals surface area contributed by atoms with Gasteiger partial charge in [-0.3, -0.25) is 9.78 Å². The van der Waals surface area contributed by atoms with Crippen molar-refractivity contribution in [1.82, 2.24) is 4.98 Å². The maximum atomic E-state index is 12.0. The van der Waals surface area contributed by atoms with Crippen LogP contribution in [0.2, 0.25) is 0 Å². The molecule has 0 spiro atoms. The number of ether oxygens (including phenoxy) is 1. The normalized spacial score (nSPS) is 12.3. The number of rotatable bonds is 7. The Labute approximate surface area is 124 Å². The van der Waals surface area contributed by atoms with Crippen LogP contribution >= 0.6 is 0 Å². The van der Waals surface area contributed by atoms with E-state index in [1.54, 1.807) is 39.8 Å². The second kappa shape index (κ2) is 6.97. The first kappa shape index (κ1) is 16.8. The first-order valence-electron chi connectivity index (χ1n) is 6.70. The number of hydrogen-bond donors (Lipinski definition) is 1. The van der Waals surface area contributed by atoms with Crippen molar-refractivity contribution in [2.45, 2.75) is 33.2 Å². The minimum atomic E-state index is -0.797. The molecule has 6 heteroatoms. The average Bonchev–Trinajstić information content (AvgIpc) is 2.47. The second-order valence-corrected chi connectivity index (χ2v) is 5.67. The highest BCUT2D eigenvalue weighted by atomic mass is 16.5. The van der Waals surface area contributed by atoms with Crippen LogP contribution in [0.15, 0.2) is 29.7 Å². The van der Waals surface area contributed by atoms with Crippen molar-refractivity contribution in [3.05, 3.63) is 35.1 Å². The molecule has 21 heavy (non-hydrogen) atoms. The van der Waals surface area contributed by atoms with Crippen LogP contribution in [0, 0.1) is 10.8 Å². The Bertz CT molecular complexity index is 534. The Morgan fingerprint density at radius 3 is 2.57 bits per heavy atom. The van der Waals surface area contributed by atoms with Crippen LogP contribution < -0.4 is 10.5 Å². The van der Waals surface area contributed by atoms with Gasteiger partial charge in [0.25, 0.3) is 0 Å². The lowest BCUT2D eigenvalue weighted by Gasteiger charge is -2.16. The average molecular weight is 291 g/mol. The van der Waals surface area contributed by atoms with Crippen molar-refractivity contribution in [3.8, 4) is 5.75 Å². The van der Waals surface area contributed by atoms with Gasteiger partial charge in [-0.2, -0.15) is 4.91 Å². The molecule has 0 aliphatic carbocycles. The molecule has 1 aromatic rings. The number of nitrogens with zero attached hydrogens (tertiary/aromatic N) is 2. The number of Topliss-reactive ketones (excluding diaryl/α,β-unsaturated/α-hetero) is 1. The summed E-state index contributed by atoms with van der Waals surface area (Å²) in [5, 5.41) is 2.97. The molecule has 1 rings (SSSR count). The predicted molar refractivity (Wildman–Crippen MR) is 81.6 cm³/mol. The second-order valence-electron chi connectivity index (χ2n) is 5.67. The molecule has 0 aromatic carbocycles. The summed E-state index contributed by atoms with van der Waals surface area (Å²) in [5.41, 5.74) is 5.59. The number of carbonyl (C=O) groups excluding carboxylic acids is 1. The van der Waals surface area contributed by atoms with Crippen LogP contribution in [0.3, 0.4) is 0 Å². The topological polar surface area (TPSA) is 94.6 Å². The van der Waals surface area contributed by atoms with Gasteiger partial charge in [-0.25, -0.2) is 0 Å². The summed E-state index contributed by atoms with van der Waals surface area (Å²) >= 11 is 0. The van der Waals surface area contributed by atoms with Crippen molar-refractivity contribution in [2.75, 3.05) is 6.61 Å². The van der Waals surface area contributed by atoms with Gasteiger partial charge in [0.05, 0.1) is 17.5 Å². The minimum absolute atomic E-state index is 0.0649. The smallest absolute Gasteiger partial charge is 0.169 e. The SMILES string of the molecule is CC(C)C(=O)C(=CN)c1ccc(OCC(C)(C)N=O)cn1. The van der Waals surface area contributed by atoms with E-state index in [0.29, 0.717) is 17.0 Å². The van der Waals surface area contributed by atoms with E-state index in [1.807, 2.05) is 0 Å². The van der Waals surface area contributed by atoms with E-state index in [9.17, 15) is 9.70 Å². The van der Waals surface area contributed by atoms with Gasteiger partial charge >= 0.3 is 0 Å². The van der Waals surface area contributed by atoms with E-state index >= 15 is 0 Å². The molecule has 0 saturated carbocycles. The van der Waals surface area contributed by atoms with Gasteiger partial charge in [0, 0.05) is 12.1 Å². The number of nitroso groups, excluding NO2 is 1. The number of hydrogen-bond acceptors (Lipinski definition) is 6. The summed E-state index contributed by atoms with van der Waals surface area (Å²) in [7, 11) is 0. The molecule has 0 atom stereocenters. The molecule has 1 aromatic heterocycles. The molecule has 1 heterocycles. The molecule has 0 bridgehead atoms. The highest BCUT2D eigenvalue weighted by Crippen LogP contribution is 2.20. The molecule has 0 aliphatic heterocycles. The first-order chi connectivity index (χ1) is 9.80. The van der Waals surface area contributed by atoms with Crippen LogP contribution in [0.1, 0.15) is 33.4 Å². The Morgan fingerprint density at radius 1 is 1.48 bits per heavy atom. The summed E-state index contributed by atoms with van der Waals surface area (Å²) in [5.74, 6) is 0.283. The highest BCUT2D eigenvalue weighted by molar-refractivity contribution is 6.20. The number of carbonyl (C=O) groups is 1. The fraction of sp³-hybridized carbons (Fsp3) is 0.467. The number of ketones is 1. The van der Waals surface area contributed by atoms with Gasteiger partial charge in [0.2, 0.25) is 0 Å². The zero-order chi connectivity index (χ0) is 16.0. The molecule has 0 aliphatic rings. The lowest BCUT2D eigenvalue weighted by Crippen LogP contribution is -2.25. The minimum Gasteiger partial charge on any atom is -0.489 e. The third-order valence-corrected chi connectivity index (χ3v) is 2.81. The first-order valence-corrected chi connectivity index (χ1v) is 6.70. The van der Waals surface area contributed by atoms with E-state index in [1.165, 1.54) is 12.4 Å². The van der Waals surface area contributed by atoms with Crippen molar-refractivity contribution in [1.29, 1.82) is 0 Å². The molecular formula is C15H21N3O3. The van der Waals surface area contributed by atoms with Crippen molar-refractivity contribution in [3.63, 3.8) is 0 Å². The zero-order valence-corrected chi connectivity index (χ0v) is 12.8. The van der Waals surface area contributed by atoms with Crippen LogP contribution in [0.4, 0.5) is 0 Å². The molecule has 114 valence electrons. The maximum Gasteiger partial charge on any atom is 0.169 e. The van der Waals surface area contributed by atoms with Crippen LogP contribution in [0.25, 0.3) is 5.57 Å². The van der Waals surface area contributed by atoms with Gasteiger partial charge < -0.3 is 10.5 Å². The number of allylic oxidation sites excluding steroid dienone is 1. The van der Waals surface area contributed by atoms with Gasteiger partial charge in [-0.1, -0.05) is 19.0 Å².